The van der Waals surface area contributed by atoms with Crippen molar-refractivity contribution in [3.8, 4) is 0 Å². The van der Waals surface area contributed by atoms with Crippen LogP contribution in [0.25, 0.3) is 0 Å². The van der Waals surface area contributed by atoms with Gasteiger partial charge in [-0.15, -0.1) is 0 Å². The van der Waals surface area contributed by atoms with Crippen molar-refractivity contribution < 1.29 is 19.1 Å². The average Bonchev–Trinajstić information content (AvgIpc) is 2.57. The molecule has 1 saturated heterocycles. The fourth-order valence-corrected chi connectivity index (χ4v) is 3.60. The van der Waals surface area contributed by atoms with E-state index in [4.69, 9.17) is 27.9 Å². The molecule has 0 spiro atoms. The summed E-state index contributed by atoms with van der Waals surface area (Å²) in [5.74, 6) is -1.42. The molecule has 8 heteroatoms. The number of likely N-dealkylation sites (tertiary alicyclic amines) is 1. The van der Waals surface area contributed by atoms with E-state index in [2.05, 4.69) is 5.32 Å². The molecular formula is C18H22Cl2N2O4. The van der Waals surface area contributed by atoms with Crippen molar-refractivity contribution in [3.05, 3.63) is 33.8 Å². The molecule has 0 aliphatic carbocycles. The molecule has 0 radical (unpaired) electrons. The molecule has 1 heterocycles. The number of piperidine rings is 1. The number of esters is 1. The normalized spacial score (nSPS) is 19.8. The Kier molecular flexibility index (Phi) is 7.29. The Balaban J connectivity index is 1.79. The molecule has 0 unspecified atom stereocenters. The van der Waals surface area contributed by atoms with Crippen LogP contribution in [0.1, 0.15) is 43.5 Å². The van der Waals surface area contributed by atoms with Crippen LogP contribution >= 0.6 is 23.2 Å². The predicted molar refractivity (Wildman–Crippen MR) is 99.4 cm³/mol. The van der Waals surface area contributed by atoms with Gasteiger partial charge in [0.1, 0.15) is 6.54 Å². The summed E-state index contributed by atoms with van der Waals surface area (Å²) in [6, 6.07) is 4.71. The molecule has 0 bridgehead atoms. The van der Waals surface area contributed by atoms with E-state index >= 15 is 0 Å². The Hall–Kier alpha value is -1.79. The lowest BCUT2D eigenvalue weighted by atomic mass is 9.97. The Bertz CT molecular complexity index is 686. The number of hydrogen-bond donors (Lipinski definition) is 1. The van der Waals surface area contributed by atoms with Crippen molar-refractivity contribution in [1.82, 2.24) is 10.2 Å². The van der Waals surface area contributed by atoms with E-state index in [1.165, 1.54) is 18.2 Å². The minimum absolute atomic E-state index is 0.136. The average molecular weight is 401 g/mol. The van der Waals surface area contributed by atoms with Gasteiger partial charge in [-0.25, -0.2) is 0 Å². The van der Waals surface area contributed by atoms with Gasteiger partial charge in [-0.2, -0.15) is 0 Å². The van der Waals surface area contributed by atoms with Crippen molar-refractivity contribution in [2.45, 2.75) is 45.2 Å². The molecule has 1 aromatic rings. The summed E-state index contributed by atoms with van der Waals surface area (Å²) in [5, 5.41) is 3.01. The highest BCUT2D eigenvalue weighted by Crippen LogP contribution is 2.22. The lowest BCUT2D eigenvalue weighted by Gasteiger charge is -2.38. The van der Waals surface area contributed by atoms with E-state index in [0.29, 0.717) is 5.02 Å². The largest absolute Gasteiger partial charge is 0.454 e. The Morgan fingerprint density at radius 1 is 1.19 bits per heavy atom. The fraction of sp³-hybridized carbons (Fsp3) is 0.500. The monoisotopic (exact) mass is 400 g/mol. The van der Waals surface area contributed by atoms with Crippen LogP contribution < -0.4 is 5.32 Å². The first-order valence-corrected chi connectivity index (χ1v) is 9.25. The van der Waals surface area contributed by atoms with Gasteiger partial charge in [0.25, 0.3) is 11.8 Å². The maximum absolute atomic E-state index is 12.3. The van der Waals surface area contributed by atoms with E-state index < -0.39 is 11.9 Å². The summed E-state index contributed by atoms with van der Waals surface area (Å²) < 4.78 is 4.99. The maximum atomic E-state index is 12.3. The highest BCUT2D eigenvalue weighted by atomic mass is 35.5. The molecule has 6 nitrogen and oxygen atoms in total. The molecule has 2 rings (SSSR count). The van der Waals surface area contributed by atoms with Crippen molar-refractivity contribution in [3.63, 3.8) is 0 Å². The summed E-state index contributed by atoms with van der Waals surface area (Å²) in [5.41, 5.74) is 0.205. The smallest absolute Gasteiger partial charge is 0.325 e. The van der Waals surface area contributed by atoms with Crippen molar-refractivity contribution in [2.75, 3.05) is 13.2 Å². The number of carbonyl (C=O) groups is 3. The first-order valence-electron chi connectivity index (χ1n) is 8.49. The number of ether oxygens (including phenoxy) is 1. The van der Waals surface area contributed by atoms with Gasteiger partial charge in [0.15, 0.2) is 6.61 Å². The van der Waals surface area contributed by atoms with Crippen LogP contribution in [0.5, 0.6) is 0 Å². The van der Waals surface area contributed by atoms with E-state index in [9.17, 15) is 14.4 Å². The molecule has 1 fully saturated rings. The number of amides is 2. The van der Waals surface area contributed by atoms with Crippen LogP contribution in [-0.2, 0) is 14.3 Å². The third kappa shape index (κ3) is 5.35. The van der Waals surface area contributed by atoms with E-state index in [1.807, 2.05) is 13.8 Å². The summed E-state index contributed by atoms with van der Waals surface area (Å²) in [6.45, 7) is 3.30. The molecule has 0 aromatic heterocycles. The number of benzene rings is 1. The molecule has 26 heavy (non-hydrogen) atoms. The second-order valence-electron chi connectivity index (χ2n) is 6.40. The SMILES string of the molecule is C[C@H]1CCC[C@H](C)N1C(=O)COC(=O)CNC(=O)c1ccc(Cl)cc1Cl. The van der Waals surface area contributed by atoms with Crippen LogP contribution in [0.3, 0.4) is 0 Å². The van der Waals surface area contributed by atoms with Gasteiger partial charge in [-0.05, 0) is 51.3 Å². The van der Waals surface area contributed by atoms with Gasteiger partial charge in [-0.3, -0.25) is 14.4 Å². The standard InChI is InChI=1S/C18H22Cl2N2O4/c1-11-4-3-5-12(2)22(11)16(23)10-26-17(24)9-21-18(25)14-7-6-13(19)8-15(14)20/h6-8,11-12H,3-5,9-10H2,1-2H3,(H,21,25)/t11-,12-/m0/s1. The third-order valence-corrected chi connectivity index (χ3v) is 4.95. The topological polar surface area (TPSA) is 75.7 Å². The number of carbonyl (C=O) groups excluding carboxylic acids is 3. The first-order chi connectivity index (χ1) is 12.3. The molecule has 1 N–H and O–H groups in total. The number of nitrogens with zero attached hydrogens (tertiary/aromatic N) is 1. The summed E-state index contributed by atoms with van der Waals surface area (Å²) in [7, 11) is 0. The van der Waals surface area contributed by atoms with Crippen LogP contribution in [0.2, 0.25) is 10.0 Å². The maximum Gasteiger partial charge on any atom is 0.325 e. The van der Waals surface area contributed by atoms with Gasteiger partial charge in [0.2, 0.25) is 0 Å². The molecule has 2 atom stereocenters. The van der Waals surface area contributed by atoms with Gasteiger partial charge in [0.05, 0.1) is 10.6 Å². The van der Waals surface area contributed by atoms with Gasteiger partial charge in [0, 0.05) is 17.1 Å². The van der Waals surface area contributed by atoms with Crippen molar-refractivity contribution in [1.29, 1.82) is 0 Å². The van der Waals surface area contributed by atoms with Gasteiger partial charge >= 0.3 is 5.97 Å². The molecular weight excluding hydrogens is 379 g/mol. The number of hydrogen-bond acceptors (Lipinski definition) is 4. The fourth-order valence-electron chi connectivity index (χ4n) is 3.10. The lowest BCUT2D eigenvalue weighted by molar-refractivity contribution is -0.154. The van der Waals surface area contributed by atoms with Gasteiger partial charge < -0.3 is 15.0 Å². The Morgan fingerprint density at radius 3 is 2.46 bits per heavy atom. The summed E-state index contributed by atoms with van der Waals surface area (Å²) in [4.78, 5) is 37.9. The third-order valence-electron chi connectivity index (χ3n) is 4.41. The van der Waals surface area contributed by atoms with Crippen LogP contribution in [0.15, 0.2) is 18.2 Å². The van der Waals surface area contributed by atoms with E-state index in [1.54, 1.807) is 4.90 Å². The molecule has 142 valence electrons. The zero-order chi connectivity index (χ0) is 19.3. The minimum atomic E-state index is -0.686. The molecule has 1 aliphatic rings. The first kappa shape index (κ1) is 20.5. The highest BCUT2D eigenvalue weighted by molar-refractivity contribution is 6.36. The summed E-state index contributed by atoms with van der Waals surface area (Å²) in [6.07, 6.45) is 2.98. The Morgan fingerprint density at radius 2 is 1.85 bits per heavy atom. The van der Waals surface area contributed by atoms with E-state index in [-0.39, 0.29) is 41.7 Å². The van der Waals surface area contributed by atoms with Gasteiger partial charge in [-0.1, -0.05) is 23.2 Å². The molecule has 1 aromatic carbocycles. The van der Waals surface area contributed by atoms with Crippen molar-refractivity contribution >= 4 is 41.0 Å². The quantitative estimate of drug-likeness (QED) is 0.770. The molecule has 1 aliphatic heterocycles. The summed E-state index contributed by atoms with van der Waals surface area (Å²) >= 11 is 11.7. The van der Waals surface area contributed by atoms with Crippen LogP contribution in [0.4, 0.5) is 0 Å². The molecule has 2 amide bonds. The van der Waals surface area contributed by atoms with Crippen LogP contribution in [-0.4, -0.2) is 47.9 Å². The minimum Gasteiger partial charge on any atom is -0.454 e. The number of rotatable bonds is 5. The molecule has 0 saturated carbocycles. The Labute approximate surface area is 162 Å². The van der Waals surface area contributed by atoms with Crippen LogP contribution in [0, 0.1) is 0 Å². The zero-order valence-electron chi connectivity index (χ0n) is 14.8. The van der Waals surface area contributed by atoms with E-state index in [0.717, 1.165) is 19.3 Å². The second-order valence-corrected chi connectivity index (χ2v) is 7.24. The zero-order valence-corrected chi connectivity index (χ0v) is 16.3. The number of halogens is 2. The van der Waals surface area contributed by atoms with Crippen molar-refractivity contribution in [2.24, 2.45) is 0 Å². The lowest BCUT2D eigenvalue weighted by Crippen LogP contribution is -2.49. The number of nitrogens with one attached hydrogen (secondary N) is 1. The highest BCUT2D eigenvalue weighted by Gasteiger charge is 2.29. The predicted octanol–water partition coefficient (Wildman–Crippen LogP) is 3.06. The second kappa shape index (κ2) is 9.24.